The number of carbonyl (C=O) groups is 1. The average Bonchev–Trinajstić information content (AvgIpc) is 2.40. The van der Waals surface area contributed by atoms with Gasteiger partial charge in [0.2, 0.25) is 0 Å². The summed E-state index contributed by atoms with van der Waals surface area (Å²) in [4.78, 5) is 11.8. The summed E-state index contributed by atoms with van der Waals surface area (Å²) in [5.74, 6) is 0.682. The number of benzene rings is 1. The monoisotopic (exact) mass is 261 g/mol. The van der Waals surface area contributed by atoms with Crippen LogP contribution in [0.1, 0.15) is 44.6 Å². The van der Waals surface area contributed by atoms with E-state index in [2.05, 4.69) is 6.92 Å². The summed E-state index contributed by atoms with van der Waals surface area (Å²) in [6, 6.07) is 7.67. The average molecular weight is 261 g/mol. The van der Waals surface area contributed by atoms with Crippen LogP contribution in [0.2, 0.25) is 0 Å². The maximum absolute atomic E-state index is 11.8. The summed E-state index contributed by atoms with van der Waals surface area (Å²) in [6.45, 7) is 2.26. The minimum Gasteiger partial charge on any atom is -0.462 e. The Labute approximate surface area is 115 Å². The lowest BCUT2D eigenvalue weighted by molar-refractivity contribution is -0.150. The van der Waals surface area contributed by atoms with Gasteiger partial charge in [0.1, 0.15) is 6.10 Å². The molecule has 0 radical (unpaired) electrons. The van der Waals surface area contributed by atoms with E-state index in [0.717, 1.165) is 30.0 Å². The van der Waals surface area contributed by atoms with Gasteiger partial charge >= 0.3 is 5.97 Å². The van der Waals surface area contributed by atoms with E-state index < -0.39 is 0 Å². The molecule has 3 heteroatoms. The molecule has 0 amide bonds. The Kier molecular flexibility index (Phi) is 4.83. The van der Waals surface area contributed by atoms with Crippen LogP contribution in [0.15, 0.2) is 24.3 Å². The van der Waals surface area contributed by atoms with Crippen molar-refractivity contribution in [3.8, 4) is 0 Å². The quantitative estimate of drug-likeness (QED) is 0.668. The van der Waals surface area contributed by atoms with Gasteiger partial charge < -0.3 is 10.5 Å². The Hall–Kier alpha value is -1.51. The zero-order valence-corrected chi connectivity index (χ0v) is 11.6. The van der Waals surface area contributed by atoms with Crippen LogP contribution in [0.5, 0.6) is 0 Å². The fourth-order valence-electron chi connectivity index (χ4n) is 2.59. The summed E-state index contributed by atoms with van der Waals surface area (Å²) in [6.07, 6.45) is 5.58. The smallest absolute Gasteiger partial charge is 0.306 e. The van der Waals surface area contributed by atoms with E-state index in [4.69, 9.17) is 10.5 Å². The van der Waals surface area contributed by atoms with E-state index in [1.54, 1.807) is 0 Å². The second-order valence-electron chi connectivity index (χ2n) is 5.57. The Balaban J connectivity index is 1.74. The van der Waals surface area contributed by atoms with Gasteiger partial charge in [-0.25, -0.2) is 0 Å². The highest BCUT2D eigenvalue weighted by Crippen LogP contribution is 2.26. The van der Waals surface area contributed by atoms with Crippen molar-refractivity contribution >= 4 is 11.7 Å². The summed E-state index contributed by atoms with van der Waals surface area (Å²) in [7, 11) is 0. The Morgan fingerprint density at radius 1 is 1.26 bits per heavy atom. The minimum atomic E-state index is -0.0946. The molecule has 0 unspecified atom stereocenters. The first-order chi connectivity index (χ1) is 9.15. The molecule has 2 rings (SSSR count). The molecule has 1 aromatic rings. The van der Waals surface area contributed by atoms with Crippen molar-refractivity contribution < 1.29 is 9.53 Å². The van der Waals surface area contributed by atoms with E-state index in [1.165, 1.54) is 12.8 Å². The van der Waals surface area contributed by atoms with Crippen molar-refractivity contribution in [3.63, 3.8) is 0 Å². The predicted molar refractivity (Wildman–Crippen MR) is 76.7 cm³/mol. The number of rotatable bonds is 4. The van der Waals surface area contributed by atoms with Crippen molar-refractivity contribution in [2.45, 2.75) is 51.6 Å². The molecule has 0 aromatic heterocycles. The van der Waals surface area contributed by atoms with E-state index in [-0.39, 0.29) is 12.1 Å². The van der Waals surface area contributed by atoms with Crippen molar-refractivity contribution in [2.24, 2.45) is 5.92 Å². The van der Waals surface area contributed by atoms with Gasteiger partial charge in [-0.05, 0) is 49.7 Å². The highest BCUT2D eigenvalue weighted by atomic mass is 16.5. The molecule has 0 aliphatic heterocycles. The van der Waals surface area contributed by atoms with Gasteiger partial charge in [0.05, 0.1) is 0 Å². The van der Waals surface area contributed by atoms with Crippen molar-refractivity contribution in [2.75, 3.05) is 5.73 Å². The van der Waals surface area contributed by atoms with Gasteiger partial charge in [0, 0.05) is 12.1 Å². The van der Waals surface area contributed by atoms with Gasteiger partial charge in [0.25, 0.3) is 0 Å². The highest BCUT2D eigenvalue weighted by molar-refractivity contribution is 5.70. The second-order valence-corrected chi connectivity index (χ2v) is 5.57. The molecular formula is C16H23NO2. The Bertz CT molecular complexity index is 423. The third kappa shape index (κ3) is 4.27. The molecule has 19 heavy (non-hydrogen) atoms. The van der Waals surface area contributed by atoms with Gasteiger partial charge in [-0.3, -0.25) is 4.79 Å². The SMILES string of the molecule is CC1CCC(OC(=O)CCc2ccccc2N)CC1. The molecule has 3 nitrogen and oxygen atoms in total. The number of aryl methyl sites for hydroxylation is 1. The lowest BCUT2D eigenvalue weighted by atomic mass is 9.89. The van der Waals surface area contributed by atoms with Crippen LogP contribution < -0.4 is 5.73 Å². The molecular weight excluding hydrogens is 238 g/mol. The normalized spacial score (nSPS) is 23.0. The van der Waals surface area contributed by atoms with Gasteiger partial charge in [-0.1, -0.05) is 25.1 Å². The zero-order chi connectivity index (χ0) is 13.7. The minimum absolute atomic E-state index is 0.0946. The third-order valence-corrected chi connectivity index (χ3v) is 3.91. The Morgan fingerprint density at radius 2 is 1.95 bits per heavy atom. The molecule has 1 saturated carbocycles. The van der Waals surface area contributed by atoms with E-state index in [1.807, 2.05) is 24.3 Å². The second kappa shape index (κ2) is 6.60. The molecule has 104 valence electrons. The van der Waals surface area contributed by atoms with Crippen LogP contribution in [0.4, 0.5) is 5.69 Å². The molecule has 1 fully saturated rings. The van der Waals surface area contributed by atoms with Crippen LogP contribution in [0.3, 0.4) is 0 Å². The molecule has 0 heterocycles. The van der Waals surface area contributed by atoms with Crippen molar-refractivity contribution in [1.82, 2.24) is 0 Å². The topological polar surface area (TPSA) is 52.3 Å². The lowest BCUT2D eigenvalue weighted by Crippen LogP contribution is -2.23. The zero-order valence-electron chi connectivity index (χ0n) is 11.6. The number of carbonyl (C=O) groups excluding carboxylic acids is 1. The summed E-state index contributed by atoms with van der Waals surface area (Å²) < 4.78 is 5.52. The van der Waals surface area contributed by atoms with E-state index in [9.17, 15) is 4.79 Å². The number of esters is 1. The van der Waals surface area contributed by atoms with Gasteiger partial charge in [0.15, 0.2) is 0 Å². The Morgan fingerprint density at radius 3 is 2.63 bits per heavy atom. The fourth-order valence-corrected chi connectivity index (χ4v) is 2.59. The van der Waals surface area contributed by atoms with Crippen LogP contribution >= 0.6 is 0 Å². The third-order valence-electron chi connectivity index (χ3n) is 3.91. The first kappa shape index (κ1) is 13.9. The van der Waals surface area contributed by atoms with Crippen LogP contribution in [0.25, 0.3) is 0 Å². The summed E-state index contributed by atoms with van der Waals surface area (Å²) >= 11 is 0. The number of para-hydroxylation sites is 1. The first-order valence-electron chi connectivity index (χ1n) is 7.18. The van der Waals surface area contributed by atoms with Crippen molar-refractivity contribution in [3.05, 3.63) is 29.8 Å². The molecule has 0 spiro atoms. The van der Waals surface area contributed by atoms with Crippen LogP contribution in [-0.4, -0.2) is 12.1 Å². The fraction of sp³-hybridized carbons (Fsp3) is 0.562. The lowest BCUT2D eigenvalue weighted by Gasteiger charge is -2.26. The number of nitrogen functional groups attached to an aromatic ring is 1. The highest BCUT2D eigenvalue weighted by Gasteiger charge is 2.21. The molecule has 1 aliphatic rings. The maximum atomic E-state index is 11.8. The largest absolute Gasteiger partial charge is 0.462 e. The van der Waals surface area contributed by atoms with Gasteiger partial charge in [-0.15, -0.1) is 0 Å². The van der Waals surface area contributed by atoms with Crippen LogP contribution in [-0.2, 0) is 16.0 Å². The number of hydrogen-bond acceptors (Lipinski definition) is 3. The summed E-state index contributed by atoms with van der Waals surface area (Å²) in [5.41, 5.74) is 7.63. The molecule has 0 saturated heterocycles. The van der Waals surface area contributed by atoms with Crippen molar-refractivity contribution in [1.29, 1.82) is 0 Å². The molecule has 2 N–H and O–H groups in total. The number of ether oxygens (including phenoxy) is 1. The number of hydrogen-bond donors (Lipinski definition) is 1. The van der Waals surface area contributed by atoms with Crippen LogP contribution in [0, 0.1) is 5.92 Å². The summed E-state index contributed by atoms with van der Waals surface area (Å²) in [5, 5.41) is 0. The standard InChI is InChI=1S/C16H23NO2/c1-12-6-9-14(10-7-12)19-16(18)11-8-13-4-2-3-5-15(13)17/h2-5,12,14H,6-11,17H2,1H3. The first-order valence-corrected chi connectivity index (χ1v) is 7.18. The maximum Gasteiger partial charge on any atom is 0.306 e. The molecule has 1 aromatic carbocycles. The molecule has 0 atom stereocenters. The van der Waals surface area contributed by atoms with E-state index >= 15 is 0 Å². The van der Waals surface area contributed by atoms with E-state index in [0.29, 0.717) is 12.8 Å². The predicted octanol–water partition coefficient (Wildman–Crippen LogP) is 3.32. The number of nitrogens with two attached hydrogens (primary N) is 1. The molecule has 0 bridgehead atoms. The number of anilines is 1. The molecule has 1 aliphatic carbocycles. The van der Waals surface area contributed by atoms with Gasteiger partial charge in [-0.2, -0.15) is 0 Å².